The molecular formula is C22H20Br2ClN3O5. The molecule has 0 radical (unpaired) electrons. The Morgan fingerprint density at radius 1 is 1.24 bits per heavy atom. The van der Waals surface area contributed by atoms with Crippen LogP contribution in [0.25, 0.3) is 10.9 Å². The van der Waals surface area contributed by atoms with Crippen molar-refractivity contribution in [3.05, 3.63) is 60.0 Å². The molecule has 0 aliphatic rings. The van der Waals surface area contributed by atoms with E-state index in [9.17, 15) is 9.59 Å². The van der Waals surface area contributed by atoms with Crippen molar-refractivity contribution in [2.75, 3.05) is 20.3 Å². The van der Waals surface area contributed by atoms with E-state index < -0.39 is 5.97 Å². The highest BCUT2D eigenvalue weighted by Gasteiger charge is 2.19. The Hall–Kier alpha value is -2.43. The summed E-state index contributed by atoms with van der Waals surface area (Å²) in [7, 11) is 1.26. The van der Waals surface area contributed by atoms with E-state index in [2.05, 4.69) is 46.7 Å². The maximum Gasteiger partial charge on any atom is 0.343 e. The third kappa shape index (κ3) is 5.56. The van der Waals surface area contributed by atoms with E-state index >= 15 is 0 Å². The van der Waals surface area contributed by atoms with E-state index in [0.717, 1.165) is 4.47 Å². The van der Waals surface area contributed by atoms with Gasteiger partial charge in [0.05, 0.1) is 30.8 Å². The summed E-state index contributed by atoms with van der Waals surface area (Å²) in [5.41, 5.74) is 0.846. The van der Waals surface area contributed by atoms with Crippen molar-refractivity contribution in [1.82, 2.24) is 9.66 Å². The molecule has 0 bridgehead atoms. The zero-order valence-corrected chi connectivity index (χ0v) is 22.0. The molecule has 0 unspecified atom stereocenters. The predicted molar refractivity (Wildman–Crippen MR) is 134 cm³/mol. The molecule has 0 saturated heterocycles. The number of benzene rings is 2. The van der Waals surface area contributed by atoms with E-state index in [1.807, 2.05) is 13.0 Å². The molecule has 0 N–H and O–H groups in total. The van der Waals surface area contributed by atoms with Gasteiger partial charge in [-0.3, -0.25) is 4.79 Å². The number of aryl methyl sites for hydroxylation is 1. The molecule has 11 heteroatoms. The lowest BCUT2D eigenvalue weighted by Gasteiger charge is -2.15. The zero-order chi connectivity index (χ0) is 24.1. The highest BCUT2D eigenvalue weighted by Crippen LogP contribution is 2.42. The number of nitrogens with zero attached hydrogens (tertiary/aromatic N) is 3. The molecule has 0 atom stereocenters. The molecule has 33 heavy (non-hydrogen) atoms. The third-order valence-corrected chi connectivity index (χ3v) is 6.46. The Morgan fingerprint density at radius 3 is 2.67 bits per heavy atom. The van der Waals surface area contributed by atoms with Crippen molar-refractivity contribution in [3.63, 3.8) is 0 Å². The second kappa shape index (κ2) is 11.1. The average Bonchev–Trinajstić information content (AvgIpc) is 2.81. The maximum atomic E-state index is 13.1. The van der Waals surface area contributed by atoms with Crippen LogP contribution in [0.3, 0.4) is 0 Å². The molecule has 3 aromatic rings. The van der Waals surface area contributed by atoms with Crippen molar-refractivity contribution in [2.45, 2.75) is 20.3 Å². The van der Waals surface area contributed by atoms with E-state index in [1.165, 1.54) is 18.0 Å². The molecule has 1 heterocycles. The van der Waals surface area contributed by atoms with Crippen LogP contribution in [0.1, 0.15) is 25.2 Å². The van der Waals surface area contributed by atoms with Gasteiger partial charge in [-0.1, -0.05) is 34.5 Å². The number of hydrogen-bond donors (Lipinski definition) is 0. The number of rotatable bonds is 8. The van der Waals surface area contributed by atoms with Gasteiger partial charge < -0.3 is 14.2 Å². The number of halogens is 3. The summed E-state index contributed by atoms with van der Waals surface area (Å²) in [5, 5.41) is 5.02. The second-order valence-electron chi connectivity index (χ2n) is 6.62. The first-order valence-corrected chi connectivity index (χ1v) is 11.9. The third-order valence-electron chi connectivity index (χ3n) is 4.52. The first-order valence-electron chi connectivity index (χ1n) is 9.90. The lowest BCUT2D eigenvalue weighted by molar-refractivity contribution is -0.142. The smallest absolute Gasteiger partial charge is 0.343 e. The molecule has 2 aromatic carbocycles. The van der Waals surface area contributed by atoms with Crippen LogP contribution in [0.5, 0.6) is 11.5 Å². The Labute approximate surface area is 211 Å². The second-order valence-corrected chi connectivity index (χ2v) is 8.71. The van der Waals surface area contributed by atoms with Crippen molar-refractivity contribution in [2.24, 2.45) is 5.10 Å². The van der Waals surface area contributed by atoms with Crippen LogP contribution in [0.15, 0.2) is 43.1 Å². The van der Waals surface area contributed by atoms with Crippen LogP contribution in [-0.2, 0) is 16.0 Å². The molecular weight excluding hydrogens is 582 g/mol. The summed E-state index contributed by atoms with van der Waals surface area (Å²) in [4.78, 5) is 29.1. The van der Waals surface area contributed by atoms with Crippen molar-refractivity contribution < 1.29 is 19.0 Å². The van der Waals surface area contributed by atoms with Gasteiger partial charge in [0.25, 0.3) is 5.56 Å². The van der Waals surface area contributed by atoms with Gasteiger partial charge in [0.1, 0.15) is 10.8 Å². The van der Waals surface area contributed by atoms with Gasteiger partial charge >= 0.3 is 5.97 Å². The van der Waals surface area contributed by atoms with Crippen LogP contribution in [0.2, 0.25) is 5.02 Å². The minimum absolute atomic E-state index is 0.190. The standard InChI is InChI=1S/C22H20Br2ClN3O5/c1-4-17-27-15-7-6-13(23)9-14(15)22(30)28(17)26-10-12-8-16(32-5-2)21(20(25)19(12)24)33-11-18(29)31-3/h6-10H,4-5,11H2,1-3H3. The molecule has 0 aliphatic carbocycles. The summed E-state index contributed by atoms with van der Waals surface area (Å²) >= 11 is 13.3. The fraction of sp³-hybridized carbons (Fsp3) is 0.273. The van der Waals surface area contributed by atoms with Crippen molar-refractivity contribution in [1.29, 1.82) is 0 Å². The number of esters is 1. The van der Waals surface area contributed by atoms with Gasteiger partial charge in [0, 0.05) is 20.9 Å². The molecule has 0 spiro atoms. The van der Waals surface area contributed by atoms with Crippen molar-refractivity contribution >= 4 is 66.5 Å². The summed E-state index contributed by atoms with van der Waals surface area (Å²) in [6.45, 7) is 3.71. The molecule has 0 amide bonds. The van der Waals surface area contributed by atoms with Gasteiger partial charge in [-0.25, -0.2) is 9.78 Å². The Balaban J connectivity index is 2.08. The van der Waals surface area contributed by atoms with Crippen LogP contribution < -0.4 is 15.0 Å². The fourth-order valence-corrected chi connectivity index (χ4v) is 3.96. The first-order chi connectivity index (χ1) is 15.8. The van der Waals surface area contributed by atoms with Gasteiger partial charge in [-0.05, 0) is 47.1 Å². The fourth-order valence-electron chi connectivity index (χ4n) is 2.95. The van der Waals surface area contributed by atoms with E-state index in [0.29, 0.717) is 45.5 Å². The molecule has 0 aliphatic heterocycles. The lowest BCUT2D eigenvalue weighted by atomic mass is 10.2. The van der Waals surface area contributed by atoms with Crippen LogP contribution in [0.4, 0.5) is 0 Å². The number of ether oxygens (including phenoxy) is 3. The van der Waals surface area contributed by atoms with Gasteiger partial charge in [-0.2, -0.15) is 9.78 Å². The number of carbonyl (C=O) groups is 1. The van der Waals surface area contributed by atoms with Gasteiger partial charge in [0.2, 0.25) is 0 Å². The number of fused-ring (bicyclic) bond motifs is 1. The van der Waals surface area contributed by atoms with Gasteiger partial charge in [-0.15, -0.1) is 0 Å². The van der Waals surface area contributed by atoms with Gasteiger partial charge in [0.15, 0.2) is 18.1 Å². The molecule has 0 saturated carbocycles. The highest BCUT2D eigenvalue weighted by atomic mass is 79.9. The topological polar surface area (TPSA) is 92.0 Å². The summed E-state index contributed by atoms with van der Waals surface area (Å²) in [6.07, 6.45) is 1.99. The van der Waals surface area contributed by atoms with Crippen molar-refractivity contribution in [3.8, 4) is 11.5 Å². The van der Waals surface area contributed by atoms with Crippen LogP contribution >= 0.6 is 43.5 Å². The molecule has 8 nitrogen and oxygen atoms in total. The Kier molecular flexibility index (Phi) is 8.50. The minimum Gasteiger partial charge on any atom is -0.490 e. The summed E-state index contributed by atoms with van der Waals surface area (Å²) in [5.74, 6) is 0.463. The summed E-state index contributed by atoms with van der Waals surface area (Å²) in [6, 6.07) is 6.98. The zero-order valence-electron chi connectivity index (χ0n) is 18.0. The number of hydrogen-bond acceptors (Lipinski definition) is 7. The average molecular weight is 602 g/mol. The number of methoxy groups -OCH3 is 1. The number of aromatic nitrogens is 2. The quantitative estimate of drug-likeness (QED) is 0.268. The number of carbonyl (C=O) groups excluding carboxylic acids is 1. The first kappa shape index (κ1) is 25.2. The van der Waals surface area contributed by atoms with Crippen LogP contribution in [0, 0.1) is 0 Å². The van der Waals surface area contributed by atoms with E-state index in [-0.39, 0.29) is 22.9 Å². The maximum absolute atomic E-state index is 13.1. The highest BCUT2D eigenvalue weighted by molar-refractivity contribution is 9.10. The Bertz CT molecular complexity index is 1290. The largest absolute Gasteiger partial charge is 0.490 e. The predicted octanol–water partition coefficient (Wildman–Crippen LogP) is 4.97. The molecule has 174 valence electrons. The van der Waals surface area contributed by atoms with E-state index in [4.69, 9.17) is 21.1 Å². The van der Waals surface area contributed by atoms with Crippen LogP contribution in [-0.4, -0.2) is 42.2 Å². The molecule has 1 aromatic heterocycles. The normalized spacial score (nSPS) is 11.2. The SMILES string of the molecule is CCOc1cc(C=Nn2c(CC)nc3ccc(Br)cc3c2=O)c(Br)c(Cl)c1OCC(=O)OC. The summed E-state index contributed by atoms with van der Waals surface area (Å²) < 4.78 is 18.2. The van der Waals surface area contributed by atoms with E-state index in [1.54, 1.807) is 25.1 Å². The molecule has 3 rings (SSSR count). The lowest BCUT2D eigenvalue weighted by Crippen LogP contribution is -2.22. The molecule has 0 fully saturated rings. The minimum atomic E-state index is -0.558. The monoisotopic (exact) mass is 599 g/mol. The Morgan fingerprint density at radius 2 is 2.00 bits per heavy atom.